The van der Waals surface area contributed by atoms with Crippen molar-refractivity contribution < 1.29 is 19.8 Å². The molecule has 1 fully saturated rings. The molecule has 2 aromatic carbocycles. The van der Waals surface area contributed by atoms with Crippen molar-refractivity contribution in [1.29, 1.82) is 0 Å². The SMILES string of the molecule is CC(C)=C1NC(=O)[C@@H](C[C@]2(O)c3ccccc3N3C(=O)C(C)(C)N[C@H]32)n2c1nc1ccccc1c2=O.CO. The summed E-state index contributed by atoms with van der Waals surface area (Å²) >= 11 is 0. The number of anilines is 1. The Hall–Kier alpha value is -3.86. The fourth-order valence-electron chi connectivity index (χ4n) is 5.71. The number of nitrogens with one attached hydrogen (secondary N) is 2. The van der Waals surface area contributed by atoms with Gasteiger partial charge in [0.05, 0.1) is 27.8 Å². The Balaban J connectivity index is 0.00000144. The fourth-order valence-corrected chi connectivity index (χ4v) is 5.71. The first kappa shape index (κ1) is 25.8. The molecule has 0 bridgehead atoms. The molecule has 3 aromatic rings. The third-order valence-electron chi connectivity index (χ3n) is 7.49. The molecule has 0 spiro atoms. The minimum absolute atomic E-state index is 0.129. The van der Waals surface area contributed by atoms with E-state index in [2.05, 4.69) is 10.6 Å². The number of carbonyl (C=O) groups is 2. The number of fused-ring (bicyclic) bond motifs is 5. The van der Waals surface area contributed by atoms with Crippen LogP contribution >= 0.6 is 0 Å². The van der Waals surface area contributed by atoms with E-state index in [4.69, 9.17) is 10.1 Å². The number of hydrogen-bond donors (Lipinski definition) is 4. The summed E-state index contributed by atoms with van der Waals surface area (Å²) in [5, 5.41) is 25.8. The molecule has 0 saturated carbocycles. The molecule has 0 unspecified atom stereocenters. The van der Waals surface area contributed by atoms with Gasteiger partial charge in [-0.1, -0.05) is 30.3 Å². The first-order valence-corrected chi connectivity index (χ1v) is 12.4. The second-order valence-electron chi connectivity index (χ2n) is 10.5. The zero-order valence-corrected chi connectivity index (χ0v) is 21.9. The van der Waals surface area contributed by atoms with Crippen molar-refractivity contribution in [3.8, 4) is 0 Å². The van der Waals surface area contributed by atoms with Crippen molar-refractivity contribution >= 4 is 34.1 Å². The van der Waals surface area contributed by atoms with Crippen molar-refractivity contribution in [2.24, 2.45) is 0 Å². The van der Waals surface area contributed by atoms with Gasteiger partial charge in [0.1, 0.15) is 17.8 Å². The highest BCUT2D eigenvalue weighted by atomic mass is 16.3. The van der Waals surface area contributed by atoms with Gasteiger partial charge >= 0.3 is 0 Å². The molecule has 198 valence electrons. The number of para-hydroxylation sites is 2. The predicted molar refractivity (Wildman–Crippen MR) is 143 cm³/mol. The Kier molecular flexibility index (Phi) is 6.01. The molecule has 2 amide bonds. The van der Waals surface area contributed by atoms with Crippen LogP contribution in [0.15, 0.2) is 58.9 Å². The van der Waals surface area contributed by atoms with Gasteiger partial charge in [-0.2, -0.15) is 0 Å². The second kappa shape index (κ2) is 8.87. The summed E-state index contributed by atoms with van der Waals surface area (Å²) < 4.78 is 1.40. The molecule has 0 radical (unpaired) electrons. The van der Waals surface area contributed by atoms with Crippen molar-refractivity contribution in [3.05, 3.63) is 75.8 Å². The molecule has 0 aliphatic carbocycles. The Morgan fingerprint density at radius 1 is 1.03 bits per heavy atom. The number of amides is 2. The number of rotatable bonds is 2. The topological polar surface area (TPSA) is 137 Å². The van der Waals surface area contributed by atoms with Gasteiger partial charge in [0, 0.05) is 19.1 Å². The predicted octanol–water partition coefficient (Wildman–Crippen LogP) is 1.76. The number of aliphatic hydroxyl groups is 2. The summed E-state index contributed by atoms with van der Waals surface area (Å²) in [6.07, 6.45) is -0.918. The lowest BCUT2D eigenvalue weighted by Gasteiger charge is -2.37. The summed E-state index contributed by atoms with van der Waals surface area (Å²) in [5.74, 6) is -0.224. The number of nitrogens with zero attached hydrogens (tertiary/aromatic N) is 3. The van der Waals surface area contributed by atoms with E-state index >= 15 is 0 Å². The fraction of sp³-hybridized carbons (Fsp3) is 0.357. The Bertz CT molecular complexity index is 1570. The van der Waals surface area contributed by atoms with Crippen molar-refractivity contribution in [1.82, 2.24) is 20.2 Å². The van der Waals surface area contributed by atoms with E-state index in [0.717, 1.165) is 12.7 Å². The van der Waals surface area contributed by atoms with Crippen LogP contribution in [0.4, 0.5) is 5.69 Å². The molecule has 4 heterocycles. The van der Waals surface area contributed by atoms with Gasteiger partial charge in [0.2, 0.25) is 11.8 Å². The minimum Gasteiger partial charge on any atom is -0.400 e. The lowest BCUT2D eigenvalue weighted by atomic mass is 9.85. The zero-order valence-electron chi connectivity index (χ0n) is 21.9. The maximum absolute atomic E-state index is 13.8. The summed E-state index contributed by atoms with van der Waals surface area (Å²) in [4.78, 5) is 46.8. The van der Waals surface area contributed by atoms with E-state index in [1.54, 1.807) is 55.1 Å². The normalized spacial score (nSPS) is 24.8. The summed E-state index contributed by atoms with van der Waals surface area (Å²) in [7, 11) is 1.00. The van der Waals surface area contributed by atoms with Crippen LogP contribution in [0.2, 0.25) is 0 Å². The highest BCUT2D eigenvalue weighted by molar-refractivity contribution is 6.05. The van der Waals surface area contributed by atoms with Crippen molar-refractivity contribution in [2.75, 3.05) is 12.0 Å². The zero-order chi connectivity index (χ0) is 27.6. The lowest BCUT2D eigenvalue weighted by Crippen LogP contribution is -2.54. The Labute approximate surface area is 219 Å². The molecule has 3 aliphatic rings. The average Bonchev–Trinajstić information content (AvgIpc) is 3.28. The molecular formula is C28H31N5O5. The smallest absolute Gasteiger partial charge is 0.262 e. The van der Waals surface area contributed by atoms with Crippen LogP contribution in [0.25, 0.3) is 16.6 Å². The molecule has 6 rings (SSSR count). The summed E-state index contributed by atoms with van der Waals surface area (Å²) in [5.41, 5.74) is 0.0674. The number of benzene rings is 2. The molecule has 4 N–H and O–H groups in total. The maximum atomic E-state index is 13.8. The van der Waals surface area contributed by atoms with E-state index < -0.39 is 29.3 Å². The second-order valence-corrected chi connectivity index (χ2v) is 10.5. The largest absolute Gasteiger partial charge is 0.400 e. The van der Waals surface area contributed by atoms with Crippen LogP contribution in [-0.4, -0.2) is 50.4 Å². The highest BCUT2D eigenvalue weighted by Gasteiger charge is 2.61. The Morgan fingerprint density at radius 2 is 1.68 bits per heavy atom. The van der Waals surface area contributed by atoms with E-state index in [0.29, 0.717) is 33.7 Å². The maximum Gasteiger partial charge on any atom is 0.262 e. The number of hydrogen-bond acceptors (Lipinski definition) is 7. The van der Waals surface area contributed by atoms with Crippen LogP contribution in [0.1, 0.15) is 51.5 Å². The number of aliphatic hydroxyl groups excluding tert-OH is 1. The van der Waals surface area contributed by atoms with E-state index in [9.17, 15) is 19.5 Å². The van der Waals surface area contributed by atoms with Gasteiger partial charge in [0.15, 0.2) is 5.82 Å². The molecular weight excluding hydrogens is 486 g/mol. The molecule has 3 aliphatic heterocycles. The highest BCUT2D eigenvalue weighted by Crippen LogP contribution is 2.50. The molecule has 10 nitrogen and oxygen atoms in total. The van der Waals surface area contributed by atoms with Crippen molar-refractivity contribution in [2.45, 2.75) is 57.5 Å². The van der Waals surface area contributed by atoms with Crippen LogP contribution in [0.3, 0.4) is 0 Å². The molecule has 1 saturated heterocycles. The van der Waals surface area contributed by atoms with Gasteiger partial charge < -0.3 is 15.5 Å². The van der Waals surface area contributed by atoms with Gasteiger partial charge in [-0.05, 0) is 51.5 Å². The summed E-state index contributed by atoms with van der Waals surface area (Å²) in [6.45, 7) is 7.22. The van der Waals surface area contributed by atoms with E-state index in [1.165, 1.54) is 4.57 Å². The monoisotopic (exact) mass is 517 g/mol. The van der Waals surface area contributed by atoms with Crippen LogP contribution in [0, 0.1) is 0 Å². The standard InChI is InChI=1S/C27H27N5O4.CH4O/c1-14(2)20-21-28-17-11-7-5-9-15(17)23(34)31(21)19(22(33)29-20)13-27(36)16-10-6-8-12-18(16)32-24(27)30-26(3,4)25(32)35;1-2/h5-12,19,24,30,36H,13H2,1-4H3,(H,29,33);2H,1H3/t19-,24-,27+;/m1./s1. The Morgan fingerprint density at radius 3 is 2.39 bits per heavy atom. The third kappa shape index (κ3) is 3.52. The third-order valence-corrected chi connectivity index (χ3v) is 7.49. The minimum atomic E-state index is -1.63. The van der Waals surface area contributed by atoms with E-state index in [1.807, 2.05) is 26.0 Å². The number of allylic oxidation sites excluding steroid dienone is 1. The molecule has 1 aromatic heterocycles. The van der Waals surface area contributed by atoms with Crippen LogP contribution in [-0.2, 0) is 15.2 Å². The quantitative estimate of drug-likeness (QED) is 0.407. The summed E-state index contributed by atoms with van der Waals surface area (Å²) in [6, 6.07) is 13.1. The van der Waals surface area contributed by atoms with Gasteiger partial charge in [-0.15, -0.1) is 0 Å². The average molecular weight is 518 g/mol. The number of carbonyl (C=O) groups excluding carboxylic acids is 2. The van der Waals surface area contributed by atoms with Gasteiger partial charge in [0.25, 0.3) is 5.56 Å². The van der Waals surface area contributed by atoms with E-state index in [-0.39, 0.29) is 17.9 Å². The first-order valence-electron chi connectivity index (χ1n) is 12.4. The van der Waals surface area contributed by atoms with Gasteiger partial charge in [-0.25, -0.2) is 4.98 Å². The molecule has 38 heavy (non-hydrogen) atoms. The number of aromatic nitrogens is 2. The van der Waals surface area contributed by atoms with Gasteiger partial charge in [-0.3, -0.25) is 29.2 Å². The molecule has 3 atom stereocenters. The lowest BCUT2D eigenvalue weighted by molar-refractivity contribution is -0.126. The van der Waals surface area contributed by atoms with Crippen LogP contribution < -0.4 is 21.1 Å². The van der Waals surface area contributed by atoms with Crippen molar-refractivity contribution in [3.63, 3.8) is 0 Å². The molecule has 10 heteroatoms. The van der Waals surface area contributed by atoms with Crippen LogP contribution in [0.5, 0.6) is 0 Å². The first-order chi connectivity index (χ1) is 18.0.